The van der Waals surface area contributed by atoms with Crippen LogP contribution in [0.1, 0.15) is 143 Å². The van der Waals surface area contributed by atoms with Crippen molar-refractivity contribution < 1.29 is 0 Å². The van der Waals surface area contributed by atoms with Gasteiger partial charge in [0.05, 0.1) is 19.2 Å². The first kappa shape index (κ1) is 40.5. The summed E-state index contributed by atoms with van der Waals surface area (Å²) in [7, 11) is -1.71. The monoisotopic (exact) mass is 836 g/mol. The van der Waals surface area contributed by atoms with Gasteiger partial charge in [-0.1, -0.05) is 160 Å². The highest BCUT2D eigenvalue weighted by atomic mass is 28.3. The molecule has 5 heteroatoms. The molecule has 320 valence electrons. The lowest BCUT2D eigenvalue weighted by molar-refractivity contribution is 0.194. The standard InChI is InChI=1S/C57H70BN3Si/c1-52(2,3)37-21-20-22-39(31-37)59-47-32-38(53(4,5)6)25-26-44(47)58-45-36-41(62(11,12)13)35-43-51(45)61(57(10)30-19-17-28-55(43,57)8)49-34-40(33-48(59)50(49)58)60-46-24-15-14-23-42(46)54(7)27-16-18-29-56(54,60)9/h14-15,20-26,31-36H,16-19,27-30H2,1-13H3. The Balaban J connectivity index is 1.30. The van der Waals surface area contributed by atoms with E-state index >= 15 is 0 Å². The van der Waals surface area contributed by atoms with Gasteiger partial charge in [0.1, 0.15) is 0 Å². The fourth-order valence-electron chi connectivity index (χ4n) is 13.8. The molecule has 2 saturated carbocycles. The van der Waals surface area contributed by atoms with Crippen LogP contribution in [0.4, 0.5) is 39.8 Å². The number of hydrogen-bond donors (Lipinski definition) is 0. The lowest BCUT2D eigenvalue weighted by atomic mass is 9.33. The third kappa shape index (κ3) is 5.18. The first-order valence-electron chi connectivity index (χ1n) is 24.2. The van der Waals surface area contributed by atoms with Gasteiger partial charge >= 0.3 is 0 Å². The molecule has 5 aromatic carbocycles. The van der Waals surface area contributed by atoms with E-state index in [1.807, 2.05) is 0 Å². The van der Waals surface area contributed by atoms with Crippen molar-refractivity contribution in [1.29, 1.82) is 0 Å². The Bertz CT molecular complexity index is 2710. The SMILES string of the molecule is CC(C)(C)c1cccc(N2c3cc(C(C)(C)C)ccc3B3c4cc([Si](C)(C)C)cc5c4N(c4cc(N6c7ccccc7C7(C)CCCCC67C)cc2c43)C2(C)CCCCC52C)c1. The Hall–Kier alpha value is -4.22. The van der Waals surface area contributed by atoms with Crippen LogP contribution in [0.25, 0.3) is 0 Å². The molecule has 5 aromatic rings. The summed E-state index contributed by atoms with van der Waals surface area (Å²) in [6.07, 6.45) is 9.99. The molecule has 0 spiro atoms. The van der Waals surface area contributed by atoms with Crippen molar-refractivity contribution in [3.63, 3.8) is 0 Å². The summed E-state index contributed by atoms with van der Waals surface area (Å²) in [6.45, 7) is 32.6. The number of para-hydroxylation sites is 1. The average Bonchev–Trinajstić information content (AvgIpc) is 3.56. The minimum absolute atomic E-state index is 0.00176. The zero-order valence-corrected chi connectivity index (χ0v) is 41.2. The maximum atomic E-state index is 2.96. The topological polar surface area (TPSA) is 9.72 Å². The van der Waals surface area contributed by atoms with E-state index in [0.717, 1.165) is 0 Å². The van der Waals surface area contributed by atoms with Gasteiger partial charge in [-0.05, 0) is 125 Å². The average molecular weight is 836 g/mol. The fraction of sp³-hybridized carbons (Fsp3) is 0.474. The zero-order valence-electron chi connectivity index (χ0n) is 40.2. The van der Waals surface area contributed by atoms with Crippen LogP contribution < -0.4 is 36.3 Å². The fourth-order valence-corrected chi connectivity index (χ4v) is 15.0. The molecule has 0 N–H and O–H groups in total. The van der Waals surface area contributed by atoms with Gasteiger partial charge in [-0.3, -0.25) is 0 Å². The van der Waals surface area contributed by atoms with Crippen LogP contribution in [0.3, 0.4) is 0 Å². The molecule has 11 rings (SSSR count). The molecule has 0 bridgehead atoms. The second-order valence-corrected chi connectivity index (χ2v) is 29.6. The zero-order chi connectivity index (χ0) is 43.7. The van der Waals surface area contributed by atoms with Gasteiger partial charge in [0, 0.05) is 50.6 Å². The van der Waals surface area contributed by atoms with E-state index in [4.69, 9.17) is 0 Å². The smallest absolute Gasteiger partial charge is 0.252 e. The molecular weight excluding hydrogens is 766 g/mol. The van der Waals surface area contributed by atoms with E-state index in [9.17, 15) is 0 Å². The van der Waals surface area contributed by atoms with Gasteiger partial charge in [-0.15, -0.1) is 0 Å². The molecule has 0 amide bonds. The molecule has 0 saturated heterocycles. The molecule has 4 unspecified atom stereocenters. The molecule has 4 heterocycles. The van der Waals surface area contributed by atoms with Crippen molar-refractivity contribution in [2.24, 2.45) is 0 Å². The highest BCUT2D eigenvalue weighted by Gasteiger charge is 2.63. The number of rotatable bonds is 3. The van der Waals surface area contributed by atoms with Crippen molar-refractivity contribution in [3.05, 3.63) is 113 Å². The second-order valence-electron chi connectivity index (χ2n) is 24.5. The van der Waals surface area contributed by atoms with E-state index in [1.165, 1.54) is 119 Å². The molecule has 0 aromatic heterocycles. The van der Waals surface area contributed by atoms with E-state index in [1.54, 1.807) is 16.2 Å². The van der Waals surface area contributed by atoms with E-state index in [2.05, 4.69) is 195 Å². The Labute approximate surface area is 375 Å². The summed E-state index contributed by atoms with van der Waals surface area (Å²) in [5, 5.41) is 1.61. The summed E-state index contributed by atoms with van der Waals surface area (Å²) in [6, 6.07) is 37.4. The van der Waals surface area contributed by atoms with Crippen LogP contribution in [-0.4, -0.2) is 25.9 Å². The van der Waals surface area contributed by atoms with Gasteiger partial charge in [-0.25, -0.2) is 0 Å². The Morgan fingerprint density at radius 2 is 1.13 bits per heavy atom. The van der Waals surface area contributed by atoms with Gasteiger partial charge in [-0.2, -0.15) is 0 Å². The molecule has 6 aliphatic rings. The Morgan fingerprint density at radius 3 is 1.81 bits per heavy atom. The summed E-state index contributed by atoms with van der Waals surface area (Å²) in [4.78, 5) is 8.53. The van der Waals surface area contributed by atoms with Crippen molar-refractivity contribution in [1.82, 2.24) is 0 Å². The first-order valence-corrected chi connectivity index (χ1v) is 27.7. The van der Waals surface area contributed by atoms with Gasteiger partial charge in [0.25, 0.3) is 6.71 Å². The highest BCUT2D eigenvalue weighted by Crippen LogP contribution is 2.64. The van der Waals surface area contributed by atoms with E-state index < -0.39 is 8.07 Å². The molecule has 2 fully saturated rings. The molecule has 62 heavy (non-hydrogen) atoms. The maximum absolute atomic E-state index is 2.96. The van der Waals surface area contributed by atoms with Crippen molar-refractivity contribution in [3.8, 4) is 0 Å². The van der Waals surface area contributed by atoms with Gasteiger partial charge in [0.2, 0.25) is 0 Å². The summed E-state index contributed by atoms with van der Waals surface area (Å²) < 4.78 is 0. The molecular formula is C57H70BN3Si. The molecule has 4 atom stereocenters. The largest absolute Gasteiger partial charge is 0.335 e. The number of nitrogens with zero attached hydrogens (tertiary/aromatic N) is 3. The van der Waals surface area contributed by atoms with Gasteiger partial charge in [0.15, 0.2) is 0 Å². The lowest BCUT2D eigenvalue weighted by Gasteiger charge is -2.54. The molecule has 0 radical (unpaired) electrons. The van der Waals surface area contributed by atoms with E-state index in [0.29, 0.717) is 0 Å². The third-order valence-electron chi connectivity index (χ3n) is 18.0. The summed E-state index contributed by atoms with van der Waals surface area (Å²) in [5.41, 5.74) is 20.1. The number of anilines is 7. The Kier molecular flexibility index (Phi) is 8.33. The van der Waals surface area contributed by atoms with Crippen LogP contribution in [0.2, 0.25) is 19.6 Å². The molecule has 3 nitrogen and oxygen atoms in total. The van der Waals surface area contributed by atoms with Crippen molar-refractivity contribution in [2.75, 3.05) is 14.7 Å². The second kappa shape index (κ2) is 12.7. The van der Waals surface area contributed by atoms with Gasteiger partial charge < -0.3 is 14.7 Å². The number of fused-ring (bicyclic) bond motifs is 10. The molecule has 2 aliphatic carbocycles. The maximum Gasteiger partial charge on any atom is 0.252 e. The van der Waals surface area contributed by atoms with Crippen LogP contribution >= 0.6 is 0 Å². The predicted octanol–water partition coefficient (Wildman–Crippen LogP) is 12.9. The van der Waals surface area contributed by atoms with Crippen molar-refractivity contribution in [2.45, 2.75) is 173 Å². The normalized spacial score (nSPS) is 27.0. The van der Waals surface area contributed by atoms with Crippen molar-refractivity contribution >= 4 is 76.2 Å². The minimum Gasteiger partial charge on any atom is -0.335 e. The number of hydrogen-bond acceptors (Lipinski definition) is 3. The quantitative estimate of drug-likeness (QED) is 0.164. The van der Waals surface area contributed by atoms with Crippen LogP contribution in [0.5, 0.6) is 0 Å². The minimum atomic E-state index is -1.71. The van der Waals surface area contributed by atoms with Crippen LogP contribution in [-0.2, 0) is 21.7 Å². The number of benzene rings is 5. The Morgan fingerprint density at radius 1 is 0.516 bits per heavy atom. The summed E-state index contributed by atoms with van der Waals surface area (Å²) in [5.74, 6) is 0. The lowest BCUT2D eigenvalue weighted by Crippen LogP contribution is -2.65. The predicted molar refractivity (Wildman–Crippen MR) is 272 cm³/mol. The third-order valence-corrected chi connectivity index (χ3v) is 20.0. The molecule has 4 aliphatic heterocycles. The van der Waals surface area contributed by atoms with Crippen LogP contribution in [0, 0.1) is 0 Å². The first-order chi connectivity index (χ1) is 29.1. The van der Waals surface area contributed by atoms with Crippen LogP contribution in [0.15, 0.2) is 91.0 Å². The van der Waals surface area contributed by atoms with E-state index in [-0.39, 0.29) is 39.5 Å². The highest BCUT2D eigenvalue weighted by molar-refractivity contribution is 7.01. The summed E-state index contributed by atoms with van der Waals surface area (Å²) >= 11 is 0.